The molecule has 1 fully saturated rings. The average molecular weight is 433 g/mol. The first-order valence-electron chi connectivity index (χ1n) is 9.69. The van der Waals surface area contributed by atoms with Gasteiger partial charge in [-0.3, -0.25) is 4.90 Å². The summed E-state index contributed by atoms with van der Waals surface area (Å²) in [6, 6.07) is 8.64. The molecule has 0 saturated carbocycles. The van der Waals surface area contributed by atoms with Crippen LogP contribution in [0.15, 0.2) is 28.7 Å². The van der Waals surface area contributed by atoms with Gasteiger partial charge in [-0.25, -0.2) is 9.97 Å². The summed E-state index contributed by atoms with van der Waals surface area (Å²) in [6.07, 6.45) is 0. The molecule has 0 spiro atoms. The maximum absolute atomic E-state index is 5.45. The van der Waals surface area contributed by atoms with E-state index in [-0.39, 0.29) is 0 Å². The molecule has 27 heavy (non-hydrogen) atoms. The predicted octanol–water partition coefficient (Wildman–Crippen LogP) is 4.66. The van der Waals surface area contributed by atoms with Gasteiger partial charge in [-0.1, -0.05) is 19.9 Å². The van der Waals surface area contributed by atoms with Gasteiger partial charge < -0.3 is 9.64 Å². The molecule has 0 atom stereocenters. The van der Waals surface area contributed by atoms with Gasteiger partial charge in [0.05, 0.1) is 24.6 Å². The Morgan fingerprint density at radius 3 is 2.56 bits per heavy atom. The van der Waals surface area contributed by atoms with Crippen molar-refractivity contribution in [2.24, 2.45) is 0 Å². The molecule has 6 heteroatoms. The van der Waals surface area contributed by atoms with Crippen LogP contribution >= 0.6 is 15.9 Å². The Bertz CT molecular complexity index is 775. The molecule has 1 aliphatic heterocycles. The maximum atomic E-state index is 5.45. The van der Waals surface area contributed by atoms with Gasteiger partial charge in [-0.15, -0.1) is 0 Å². The first-order valence-corrected chi connectivity index (χ1v) is 10.5. The molecule has 0 N–H and O–H groups in total. The van der Waals surface area contributed by atoms with E-state index < -0.39 is 0 Å². The zero-order valence-electron chi connectivity index (χ0n) is 16.7. The Hall–Kier alpha value is -1.50. The molecule has 0 radical (unpaired) electrons. The third kappa shape index (κ3) is 5.06. The molecule has 1 aromatic carbocycles. The van der Waals surface area contributed by atoms with Crippen molar-refractivity contribution < 1.29 is 4.74 Å². The van der Waals surface area contributed by atoms with Gasteiger partial charge in [-0.05, 0) is 59.5 Å². The van der Waals surface area contributed by atoms with Crippen molar-refractivity contribution in [2.45, 2.75) is 40.2 Å². The zero-order chi connectivity index (χ0) is 19.4. The van der Waals surface area contributed by atoms with Crippen LogP contribution in [-0.4, -0.2) is 47.7 Å². The molecule has 0 aliphatic carbocycles. The first-order chi connectivity index (χ1) is 13.0. The van der Waals surface area contributed by atoms with E-state index in [0.717, 1.165) is 66.9 Å². The highest BCUT2D eigenvalue weighted by Crippen LogP contribution is 2.33. The van der Waals surface area contributed by atoms with E-state index in [1.807, 2.05) is 6.92 Å². The fourth-order valence-corrected chi connectivity index (χ4v) is 3.94. The monoisotopic (exact) mass is 432 g/mol. The van der Waals surface area contributed by atoms with Crippen molar-refractivity contribution in [3.63, 3.8) is 0 Å². The molecule has 146 valence electrons. The van der Waals surface area contributed by atoms with Crippen LogP contribution in [0.2, 0.25) is 0 Å². The van der Waals surface area contributed by atoms with E-state index in [1.54, 1.807) is 0 Å². The van der Waals surface area contributed by atoms with Crippen molar-refractivity contribution in [1.82, 2.24) is 14.9 Å². The van der Waals surface area contributed by atoms with Crippen molar-refractivity contribution in [1.29, 1.82) is 0 Å². The molecule has 2 heterocycles. The summed E-state index contributed by atoms with van der Waals surface area (Å²) in [7, 11) is 0. The van der Waals surface area contributed by atoms with Gasteiger partial charge in [0, 0.05) is 36.3 Å². The second-order valence-corrected chi connectivity index (χ2v) is 8.15. The molecule has 0 unspecified atom stereocenters. The molecule has 0 amide bonds. The lowest BCUT2D eigenvalue weighted by Crippen LogP contribution is -2.36. The van der Waals surface area contributed by atoms with Crippen molar-refractivity contribution >= 4 is 27.6 Å². The summed E-state index contributed by atoms with van der Waals surface area (Å²) in [4.78, 5) is 14.2. The Morgan fingerprint density at radius 1 is 1.19 bits per heavy atom. The fourth-order valence-electron chi connectivity index (χ4n) is 3.33. The molecular weight excluding hydrogens is 404 g/mol. The Labute approximate surface area is 170 Å². The van der Waals surface area contributed by atoms with E-state index in [9.17, 15) is 0 Å². The highest BCUT2D eigenvalue weighted by atomic mass is 79.9. The molecule has 1 aliphatic rings. The molecule has 3 rings (SSSR count). The molecular formula is C21H29BrN4O. The highest BCUT2D eigenvalue weighted by molar-refractivity contribution is 9.10. The maximum Gasteiger partial charge on any atom is 0.230 e. The van der Waals surface area contributed by atoms with Crippen LogP contribution in [0.3, 0.4) is 0 Å². The number of morpholine rings is 1. The number of hydrogen-bond donors (Lipinski definition) is 0. The third-order valence-corrected chi connectivity index (χ3v) is 5.51. The van der Waals surface area contributed by atoms with E-state index in [2.05, 4.69) is 70.8 Å². The van der Waals surface area contributed by atoms with Gasteiger partial charge in [0.1, 0.15) is 0 Å². The number of ether oxygens (including phenoxy) is 1. The summed E-state index contributed by atoms with van der Waals surface area (Å²) in [5, 5.41) is 0. The van der Waals surface area contributed by atoms with E-state index in [1.165, 1.54) is 5.56 Å². The largest absolute Gasteiger partial charge is 0.379 e. The number of rotatable bonds is 6. The minimum Gasteiger partial charge on any atom is -0.379 e. The Morgan fingerprint density at radius 2 is 1.93 bits per heavy atom. The number of anilines is 2. The zero-order valence-corrected chi connectivity index (χ0v) is 18.3. The normalized spacial score (nSPS) is 15.3. The lowest BCUT2D eigenvalue weighted by molar-refractivity contribution is 0.0336. The van der Waals surface area contributed by atoms with Crippen LogP contribution in [0.5, 0.6) is 0 Å². The molecule has 1 aromatic heterocycles. The second kappa shape index (κ2) is 9.13. The van der Waals surface area contributed by atoms with Crippen LogP contribution < -0.4 is 4.90 Å². The lowest BCUT2D eigenvalue weighted by atomic mass is 10.0. The molecule has 2 aromatic rings. The Balaban J connectivity index is 1.88. The van der Waals surface area contributed by atoms with E-state index in [4.69, 9.17) is 14.7 Å². The standard InChI is InChI=1S/C21H29BrN4O/c1-5-26(20-7-6-17(15(2)3)13-19(20)22)21-23-16(4)12-18(24-21)14-25-8-10-27-11-9-25/h6-7,12-13,15H,5,8-11,14H2,1-4H3. The van der Waals surface area contributed by atoms with Crippen LogP contribution in [0.4, 0.5) is 11.6 Å². The fraction of sp³-hybridized carbons (Fsp3) is 0.524. The lowest BCUT2D eigenvalue weighted by Gasteiger charge is -2.27. The second-order valence-electron chi connectivity index (χ2n) is 7.30. The van der Waals surface area contributed by atoms with Crippen LogP contribution in [-0.2, 0) is 11.3 Å². The third-order valence-electron chi connectivity index (χ3n) is 4.87. The van der Waals surface area contributed by atoms with Crippen LogP contribution in [0.1, 0.15) is 43.6 Å². The summed E-state index contributed by atoms with van der Waals surface area (Å²) in [5.74, 6) is 1.26. The molecule has 1 saturated heterocycles. The van der Waals surface area contributed by atoms with Crippen molar-refractivity contribution in [3.05, 3.63) is 45.7 Å². The number of nitrogens with zero attached hydrogens (tertiary/aromatic N) is 4. The number of benzene rings is 1. The van der Waals surface area contributed by atoms with Crippen molar-refractivity contribution in [3.8, 4) is 0 Å². The van der Waals surface area contributed by atoms with E-state index in [0.29, 0.717) is 5.92 Å². The number of aryl methyl sites for hydroxylation is 1. The van der Waals surface area contributed by atoms with Gasteiger partial charge in [0.25, 0.3) is 0 Å². The summed E-state index contributed by atoms with van der Waals surface area (Å²) < 4.78 is 6.53. The minimum atomic E-state index is 0.501. The number of aromatic nitrogens is 2. The summed E-state index contributed by atoms with van der Waals surface area (Å²) >= 11 is 3.75. The van der Waals surface area contributed by atoms with Crippen LogP contribution in [0.25, 0.3) is 0 Å². The van der Waals surface area contributed by atoms with Crippen LogP contribution in [0, 0.1) is 6.92 Å². The Kier molecular flexibility index (Phi) is 6.84. The summed E-state index contributed by atoms with van der Waals surface area (Å²) in [6.45, 7) is 13.7. The topological polar surface area (TPSA) is 41.5 Å². The average Bonchev–Trinajstić information content (AvgIpc) is 2.64. The number of halogens is 1. The highest BCUT2D eigenvalue weighted by Gasteiger charge is 2.17. The minimum absolute atomic E-state index is 0.501. The number of hydrogen-bond acceptors (Lipinski definition) is 5. The SMILES string of the molecule is CCN(c1nc(C)cc(CN2CCOCC2)n1)c1ccc(C(C)C)cc1Br. The van der Waals surface area contributed by atoms with Gasteiger partial charge in [0.15, 0.2) is 0 Å². The molecule has 0 bridgehead atoms. The van der Waals surface area contributed by atoms with E-state index >= 15 is 0 Å². The quantitative estimate of drug-likeness (QED) is 0.663. The first kappa shape index (κ1) is 20.2. The molecule has 5 nitrogen and oxygen atoms in total. The van der Waals surface area contributed by atoms with Crippen molar-refractivity contribution in [2.75, 3.05) is 37.7 Å². The smallest absolute Gasteiger partial charge is 0.230 e. The van der Waals surface area contributed by atoms with Gasteiger partial charge in [-0.2, -0.15) is 0 Å². The predicted molar refractivity (Wildman–Crippen MR) is 114 cm³/mol. The van der Waals surface area contributed by atoms with Gasteiger partial charge in [0.2, 0.25) is 5.95 Å². The van der Waals surface area contributed by atoms with Gasteiger partial charge >= 0.3 is 0 Å². The summed E-state index contributed by atoms with van der Waals surface area (Å²) in [5.41, 5.74) is 4.48.